The van der Waals surface area contributed by atoms with Gasteiger partial charge in [0.25, 0.3) is 5.88 Å². The summed E-state index contributed by atoms with van der Waals surface area (Å²) in [6.45, 7) is 1.90. The van der Waals surface area contributed by atoms with Crippen LogP contribution in [-0.2, 0) is 6.42 Å². The van der Waals surface area contributed by atoms with Crippen molar-refractivity contribution in [2.75, 3.05) is 19.0 Å². The van der Waals surface area contributed by atoms with Crippen molar-refractivity contribution in [3.05, 3.63) is 38.2 Å². The number of thiophene rings is 1. The predicted molar refractivity (Wildman–Crippen MR) is 76.5 cm³/mol. The fourth-order valence-electron chi connectivity index (χ4n) is 1.67. The first-order chi connectivity index (χ1) is 9.61. The van der Waals surface area contributed by atoms with Gasteiger partial charge in [0.2, 0.25) is 5.95 Å². The summed E-state index contributed by atoms with van der Waals surface area (Å²) in [6, 6.07) is 3.95. The molecule has 0 radical (unpaired) electrons. The van der Waals surface area contributed by atoms with Gasteiger partial charge in [-0.2, -0.15) is 4.98 Å². The van der Waals surface area contributed by atoms with E-state index in [1.165, 1.54) is 0 Å². The van der Waals surface area contributed by atoms with E-state index >= 15 is 0 Å². The van der Waals surface area contributed by atoms with Crippen LogP contribution in [0, 0.1) is 17.0 Å². The summed E-state index contributed by atoms with van der Waals surface area (Å²) < 4.78 is 5.47. The molecule has 0 spiro atoms. The van der Waals surface area contributed by atoms with Gasteiger partial charge in [0.15, 0.2) is 0 Å². The summed E-state index contributed by atoms with van der Waals surface area (Å²) >= 11 is 1.62. The lowest BCUT2D eigenvalue weighted by atomic mass is 10.3. The zero-order chi connectivity index (χ0) is 14.5. The molecule has 0 aliphatic heterocycles. The molecular formula is C12H14N4O3S. The standard InChI is InChI=1S/C12H14N4O3S/c1-8-10(16(17)18)11(15-12(13-2)14-8)19-6-5-9-4-3-7-20-9/h3-4,7H,5-6H2,1-2H3,(H,13,14,15). The summed E-state index contributed by atoms with van der Waals surface area (Å²) in [7, 11) is 1.65. The van der Waals surface area contributed by atoms with Gasteiger partial charge in [0.1, 0.15) is 5.69 Å². The highest BCUT2D eigenvalue weighted by Crippen LogP contribution is 2.28. The molecule has 0 saturated carbocycles. The number of aromatic nitrogens is 2. The number of aryl methyl sites for hydroxylation is 1. The van der Waals surface area contributed by atoms with E-state index in [1.807, 2.05) is 17.5 Å². The Hall–Kier alpha value is -2.22. The van der Waals surface area contributed by atoms with Crippen LogP contribution >= 0.6 is 11.3 Å². The normalized spacial score (nSPS) is 10.3. The number of nitrogens with zero attached hydrogens (tertiary/aromatic N) is 3. The molecule has 0 atom stereocenters. The second-order valence-electron chi connectivity index (χ2n) is 3.97. The topological polar surface area (TPSA) is 90.2 Å². The molecule has 7 nitrogen and oxygen atoms in total. The minimum atomic E-state index is -0.519. The predicted octanol–water partition coefficient (Wildman–Crippen LogP) is 2.42. The van der Waals surface area contributed by atoms with Crippen molar-refractivity contribution in [2.45, 2.75) is 13.3 Å². The Morgan fingerprint density at radius 2 is 2.30 bits per heavy atom. The number of rotatable bonds is 6. The third-order valence-corrected chi connectivity index (χ3v) is 3.54. The Morgan fingerprint density at radius 1 is 1.50 bits per heavy atom. The molecule has 2 aromatic rings. The number of ether oxygens (including phenoxy) is 1. The van der Waals surface area contributed by atoms with E-state index in [0.717, 1.165) is 4.88 Å². The van der Waals surface area contributed by atoms with E-state index in [0.29, 0.717) is 19.0 Å². The van der Waals surface area contributed by atoms with Crippen LogP contribution in [0.15, 0.2) is 17.5 Å². The Balaban J connectivity index is 2.16. The fraction of sp³-hybridized carbons (Fsp3) is 0.333. The third kappa shape index (κ3) is 3.21. The molecule has 0 bridgehead atoms. The van der Waals surface area contributed by atoms with Crippen molar-refractivity contribution in [2.24, 2.45) is 0 Å². The van der Waals surface area contributed by atoms with Crippen molar-refractivity contribution < 1.29 is 9.66 Å². The van der Waals surface area contributed by atoms with Crippen LogP contribution < -0.4 is 10.1 Å². The molecule has 0 saturated heterocycles. The smallest absolute Gasteiger partial charge is 0.352 e. The van der Waals surface area contributed by atoms with Gasteiger partial charge < -0.3 is 10.1 Å². The monoisotopic (exact) mass is 294 g/mol. The first kappa shape index (κ1) is 14.2. The van der Waals surface area contributed by atoms with E-state index < -0.39 is 4.92 Å². The van der Waals surface area contributed by atoms with Gasteiger partial charge in [0.05, 0.1) is 11.5 Å². The van der Waals surface area contributed by atoms with Crippen molar-refractivity contribution in [1.82, 2.24) is 9.97 Å². The quantitative estimate of drug-likeness (QED) is 0.650. The second kappa shape index (κ2) is 6.29. The maximum atomic E-state index is 11.1. The summed E-state index contributed by atoms with van der Waals surface area (Å²) in [6.07, 6.45) is 0.687. The Morgan fingerprint density at radius 3 is 2.90 bits per heavy atom. The summed E-state index contributed by atoms with van der Waals surface area (Å²) in [5.41, 5.74) is 0.0932. The van der Waals surface area contributed by atoms with Gasteiger partial charge in [-0.15, -0.1) is 11.3 Å². The Labute approximate surface area is 119 Å². The fourth-order valence-corrected chi connectivity index (χ4v) is 2.36. The van der Waals surface area contributed by atoms with Crippen LogP contribution in [0.3, 0.4) is 0 Å². The van der Waals surface area contributed by atoms with Crippen LogP contribution in [0.2, 0.25) is 0 Å². The first-order valence-corrected chi connectivity index (χ1v) is 6.85. The molecule has 1 N–H and O–H groups in total. The van der Waals surface area contributed by atoms with Gasteiger partial charge in [-0.3, -0.25) is 10.1 Å². The van der Waals surface area contributed by atoms with E-state index in [4.69, 9.17) is 4.74 Å². The molecule has 2 rings (SSSR count). The third-order valence-electron chi connectivity index (χ3n) is 2.60. The van der Waals surface area contributed by atoms with Gasteiger partial charge in [0, 0.05) is 18.3 Å². The average Bonchev–Trinajstić information content (AvgIpc) is 2.90. The molecular weight excluding hydrogens is 280 g/mol. The molecule has 20 heavy (non-hydrogen) atoms. The first-order valence-electron chi connectivity index (χ1n) is 5.97. The van der Waals surface area contributed by atoms with Gasteiger partial charge in [-0.1, -0.05) is 6.07 Å². The molecule has 2 aromatic heterocycles. The van der Waals surface area contributed by atoms with E-state index in [-0.39, 0.29) is 17.3 Å². The molecule has 2 heterocycles. The largest absolute Gasteiger partial charge is 0.472 e. The molecule has 8 heteroatoms. The highest BCUT2D eigenvalue weighted by molar-refractivity contribution is 7.09. The SMILES string of the molecule is CNc1nc(C)c([N+](=O)[O-])c(OCCc2cccs2)n1. The van der Waals surface area contributed by atoms with Crippen LogP contribution in [0.25, 0.3) is 0 Å². The lowest BCUT2D eigenvalue weighted by Crippen LogP contribution is -2.09. The van der Waals surface area contributed by atoms with E-state index in [2.05, 4.69) is 15.3 Å². The molecule has 0 fully saturated rings. The van der Waals surface area contributed by atoms with Crippen molar-refractivity contribution in [3.8, 4) is 5.88 Å². The van der Waals surface area contributed by atoms with Crippen molar-refractivity contribution in [3.63, 3.8) is 0 Å². The summed E-state index contributed by atoms with van der Waals surface area (Å²) in [5, 5.41) is 15.8. The van der Waals surface area contributed by atoms with Crippen LogP contribution in [-0.4, -0.2) is 28.5 Å². The molecule has 0 aliphatic carbocycles. The number of nitrogens with one attached hydrogen (secondary N) is 1. The number of nitro groups is 1. The van der Waals surface area contributed by atoms with Crippen LogP contribution in [0.1, 0.15) is 10.6 Å². The van der Waals surface area contributed by atoms with Gasteiger partial charge >= 0.3 is 5.69 Å². The van der Waals surface area contributed by atoms with Crippen molar-refractivity contribution >= 4 is 23.0 Å². The second-order valence-corrected chi connectivity index (χ2v) is 5.00. The maximum Gasteiger partial charge on any atom is 0.352 e. The molecule has 0 unspecified atom stereocenters. The lowest BCUT2D eigenvalue weighted by Gasteiger charge is -2.08. The van der Waals surface area contributed by atoms with Crippen molar-refractivity contribution in [1.29, 1.82) is 0 Å². The maximum absolute atomic E-state index is 11.1. The number of anilines is 1. The highest BCUT2D eigenvalue weighted by atomic mass is 32.1. The minimum absolute atomic E-state index is 0.00315. The van der Waals surface area contributed by atoms with Crippen LogP contribution in [0.4, 0.5) is 11.6 Å². The summed E-state index contributed by atoms with van der Waals surface area (Å²) in [5.74, 6) is 0.308. The molecule has 106 valence electrons. The molecule has 0 aromatic carbocycles. The minimum Gasteiger partial charge on any atom is -0.472 e. The van der Waals surface area contributed by atoms with E-state index in [1.54, 1.807) is 25.3 Å². The average molecular weight is 294 g/mol. The Kier molecular flexibility index (Phi) is 4.46. The van der Waals surface area contributed by atoms with E-state index in [9.17, 15) is 10.1 Å². The zero-order valence-electron chi connectivity index (χ0n) is 11.1. The van der Waals surface area contributed by atoms with Crippen LogP contribution in [0.5, 0.6) is 5.88 Å². The molecule has 0 aliphatic rings. The van der Waals surface area contributed by atoms with Gasteiger partial charge in [-0.25, -0.2) is 4.98 Å². The summed E-state index contributed by atoms with van der Waals surface area (Å²) in [4.78, 5) is 19.7. The van der Waals surface area contributed by atoms with Gasteiger partial charge in [-0.05, 0) is 18.4 Å². The highest BCUT2D eigenvalue weighted by Gasteiger charge is 2.23. The number of hydrogen-bond acceptors (Lipinski definition) is 7. The molecule has 0 amide bonds. The number of hydrogen-bond donors (Lipinski definition) is 1. The zero-order valence-corrected chi connectivity index (χ0v) is 11.9. The Bertz CT molecular complexity index is 601. The lowest BCUT2D eigenvalue weighted by molar-refractivity contribution is -0.387.